The van der Waals surface area contributed by atoms with E-state index in [0.29, 0.717) is 45.5 Å². The van der Waals surface area contributed by atoms with Crippen LogP contribution >= 0.6 is 27.5 Å². The number of amides is 5. The summed E-state index contributed by atoms with van der Waals surface area (Å²) in [5.41, 5.74) is 0.715. The van der Waals surface area contributed by atoms with Gasteiger partial charge in [-0.05, 0) is 77.3 Å². The lowest BCUT2D eigenvalue weighted by molar-refractivity contribution is -0.122. The number of ether oxygens (including phenoxy) is 4. The molecule has 0 aromatic heterocycles. The van der Waals surface area contributed by atoms with Crippen LogP contribution in [0.5, 0.6) is 23.0 Å². The Morgan fingerprint density at radius 1 is 1.00 bits per heavy atom. The minimum atomic E-state index is -0.903. The van der Waals surface area contributed by atoms with E-state index < -0.39 is 23.8 Å². The lowest BCUT2D eigenvalue weighted by Gasteiger charge is -2.27. The van der Waals surface area contributed by atoms with Crippen molar-refractivity contribution in [1.29, 1.82) is 0 Å². The van der Waals surface area contributed by atoms with Gasteiger partial charge in [-0.25, -0.2) is 9.69 Å². The number of hydrogen-bond donors (Lipinski definition) is 2. The second-order valence-corrected chi connectivity index (χ2v) is 10.5. The van der Waals surface area contributed by atoms with Gasteiger partial charge in [0.25, 0.3) is 17.7 Å². The van der Waals surface area contributed by atoms with E-state index in [0.717, 1.165) is 11.3 Å². The topological polar surface area (TPSA) is 132 Å². The first kappa shape index (κ1) is 32.4. The highest BCUT2D eigenvalue weighted by atomic mass is 79.9. The summed E-state index contributed by atoms with van der Waals surface area (Å²) in [5, 5.41) is 5.25. The molecule has 230 valence electrons. The Kier molecular flexibility index (Phi) is 10.9. The van der Waals surface area contributed by atoms with Gasteiger partial charge in [-0.1, -0.05) is 30.7 Å². The fourth-order valence-corrected chi connectivity index (χ4v) is 4.90. The minimum Gasteiger partial charge on any atom is -0.493 e. The molecule has 0 saturated carbocycles. The van der Waals surface area contributed by atoms with Crippen molar-refractivity contribution in [1.82, 2.24) is 5.32 Å². The zero-order valence-electron chi connectivity index (χ0n) is 24.1. The highest BCUT2D eigenvalue weighted by molar-refractivity contribution is 9.10. The molecule has 5 amide bonds. The molecule has 2 N–H and O–H groups in total. The van der Waals surface area contributed by atoms with Crippen molar-refractivity contribution in [2.75, 3.05) is 37.1 Å². The fourth-order valence-electron chi connectivity index (χ4n) is 4.14. The summed E-state index contributed by atoms with van der Waals surface area (Å²) in [5.74, 6) is -0.900. The van der Waals surface area contributed by atoms with Crippen LogP contribution in [0.1, 0.15) is 25.8 Å². The number of nitrogens with one attached hydrogen (secondary N) is 2. The lowest BCUT2D eigenvalue weighted by Crippen LogP contribution is -2.54. The van der Waals surface area contributed by atoms with E-state index in [2.05, 4.69) is 26.6 Å². The van der Waals surface area contributed by atoms with Gasteiger partial charge >= 0.3 is 6.03 Å². The summed E-state index contributed by atoms with van der Waals surface area (Å²) < 4.78 is 22.9. The largest absolute Gasteiger partial charge is 0.493 e. The predicted octanol–water partition coefficient (Wildman–Crippen LogP) is 5.98. The number of methoxy groups -OCH3 is 1. The van der Waals surface area contributed by atoms with E-state index in [-0.39, 0.29) is 29.4 Å². The summed E-state index contributed by atoms with van der Waals surface area (Å²) in [4.78, 5) is 52.4. The Balaban J connectivity index is 1.58. The summed E-state index contributed by atoms with van der Waals surface area (Å²) in [6.45, 7) is 4.20. The summed E-state index contributed by atoms with van der Waals surface area (Å²) in [7, 11) is 1.40. The van der Waals surface area contributed by atoms with E-state index in [9.17, 15) is 19.2 Å². The number of anilines is 2. The highest BCUT2D eigenvalue weighted by Gasteiger charge is 2.37. The van der Waals surface area contributed by atoms with Crippen LogP contribution in [0.25, 0.3) is 6.08 Å². The number of barbiturate groups is 1. The van der Waals surface area contributed by atoms with Crippen LogP contribution in [0.3, 0.4) is 0 Å². The molecular weight excluding hydrogens is 658 g/mol. The van der Waals surface area contributed by atoms with Crippen LogP contribution < -0.4 is 34.5 Å². The van der Waals surface area contributed by atoms with Gasteiger partial charge in [0.05, 0.1) is 41.2 Å². The third kappa shape index (κ3) is 7.50. The van der Waals surface area contributed by atoms with Crippen molar-refractivity contribution < 1.29 is 38.1 Å². The van der Waals surface area contributed by atoms with Crippen LogP contribution in [0, 0.1) is 0 Å². The van der Waals surface area contributed by atoms with Gasteiger partial charge in [-0.3, -0.25) is 19.7 Å². The molecule has 3 aromatic rings. The zero-order valence-corrected chi connectivity index (χ0v) is 26.4. The maximum absolute atomic E-state index is 13.5. The van der Waals surface area contributed by atoms with Gasteiger partial charge in [0.2, 0.25) is 0 Å². The van der Waals surface area contributed by atoms with E-state index in [1.54, 1.807) is 43.3 Å². The average Bonchev–Trinajstić information content (AvgIpc) is 2.99. The number of imide groups is 2. The predicted molar refractivity (Wildman–Crippen MR) is 169 cm³/mol. The maximum Gasteiger partial charge on any atom is 0.335 e. The molecule has 0 unspecified atom stereocenters. The average molecular weight is 687 g/mol. The Hall–Kier alpha value is -4.55. The van der Waals surface area contributed by atoms with Gasteiger partial charge < -0.3 is 24.3 Å². The number of nitrogens with zero attached hydrogens (tertiary/aromatic N) is 1. The summed E-state index contributed by atoms with van der Waals surface area (Å²) in [6.07, 6.45) is 2.10. The van der Waals surface area contributed by atoms with E-state index >= 15 is 0 Å². The van der Waals surface area contributed by atoms with Crippen molar-refractivity contribution in [2.24, 2.45) is 0 Å². The number of halogens is 2. The Bertz CT molecular complexity index is 1630. The number of rotatable bonds is 12. The first-order valence-corrected chi connectivity index (χ1v) is 14.7. The maximum atomic E-state index is 13.5. The number of benzene rings is 3. The standard InChI is InChI=1S/C31H29BrClN3O8/c1-4-12-43-24-11-10-19(16-25(24)42-5-2)36-30(39)20(29(38)35-31(36)40)13-18-14-21(32)28(26(15-18)41-3)44-17-27(37)34-23-9-7-6-8-22(23)33/h6-11,13-16H,4-5,12,17H2,1-3H3,(H,34,37)(H,35,38,40)/b20-13+. The number of carbonyl (C=O) groups is 4. The first-order valence-electron chi connectivity index (χ1n) is 13.5. The molecule has 4 rings (SSSR count). The third-order valence-electron chi connectivity index (χ3n) is 6.11. The zero-order chi connectivity index (χ0) is 31.8. The molecule has 0 spiro atoms. The quantitative estimate of drug-likeness (QED) is 0.176. The minimum absolute atomic E-state index is 0.191. The van der Waals surface area contributed by atoms with Gasteiger partial charge in [0.15, 0.2) is 29.6 Å². The fraction of sp³-hybridized carbons (Fsp3) is 0.226. The Morgan fingerprint density at radius 2 is 1.77 bits per heavy atom. The second kappa shape index (κ2) is 14.8. The van der Waals surface area contributed by atoms with Crippen LogP contribution in [0.4, 0.5) is 16.2 Å². The molecule has 1 fully saturated rings. The van der Waals surface area contributed by atoms with Crippen molar-refractivity contribution >= 4 is 68.7 Å². The monoisotopic (exact) mass is 685 g/mol. The molecule has 1 heterocycles. The van der Waals surface area contributed by atoms with Crippen LogP contribution in [-0.2, 0) is 14.4 Å². The lowest BCUT2D eigenvalue weighted by atomic mass is 10.1. The molecule has 0 aliphatic carbocycles. The van der Waals surface area contributed by atoms with E-state index in [1.807, 2.05) is 6.92 Å². The second-order valence-electron chi connectivity index (χ2n) is 9.22. The molecule has 1 saturated heterocycles. The van der Waals surface area contributed by atoms with E-state index in [1.165, 1.54) is 31.4 Å². The molecule has 0 bridgehead atoms. The number of hydrogen-bond acceptors (Lipinski definition) is 8. The van der Waals surface area contributed by atoms with E-state index in [4.69, 9.17) is 30.5 Å². The number of para-hydroxylation sites is 1. The van der Waals surface area contributed by atoms with Crippen LogP contribution in [0.15, 0.2) is 64.6 Å². The molecule has 1 aliphatic rings. The van der Waals surface area contributed by atoms with Crippen molar-refractivity contribution in [3.8, 4) is 23.0 Å². The normalized spacial score (nSPS) is 13.9. The first-order chi connectivity index (χ1) is 21.2. The molecule has 44 heavy (non-hydrogen) atoms. The summed E-state index contributed by atoms with van der Waals surface area (Å²) >= 11 is 9.50. The third-order valence-corrected chi connectivity index (χ3v) is 7.03. The molecule has 11 nitrogen and oxygen atoms in total. The molecular formula is C31H29BrClN3O8. The Morgan fingerprint density at radius 3 is 2.48 bits per heavy atom. The number of carbonyl (C=O) groups excluding carboxylic acids is 4. The molecule has 13 heteroatoms. The molecule has 3 aromatic carbocycles. The van der Waals surface area contributed by atoms with Crippen LogP contribution in [-0.4, -0.2) is 50.7 Å². The van der Waals surface area contributed by atoms with Gasteiger partial charge in [0.1, 0.15) is 5.57 Å². The van der Waals surface area contributed by atoms with Crippen LogP contribution in [0.2, 0.25) is 5.02 Å². The molecule has 0 radical (unpaired) electrons. The van der Waals surface area contributed by atoms with Gasteiger partial charge in [0, 0.05) is 6.07 Å². The van der Waals surface area contributed by atoms with Gasteiger partial charge in [-0.2, -0.15) is 0 Å². The van der Waals surface area contributed by atoms with Crippen molar-refractivity contribution in [3.05, 3.63) is 75.2 Å². The Labute approximate surface area is 267 Å². The smallest absolute Gasteiger partial charge is 0.335 e. The number of urea groups is 1. The highest BCUT2D eigenvalue weighted by Crippen LogP contribution is 2.38. The van der Waals surface area contributed by atoms with Gasteiger partial charge in [-0.15, -0.1) is 0 Å². The van der Waals surface area contributed by atoms with Crippen molar-refractivity contribution in [2.45, 2.75) is 20.3 Å². The molecule has 1 aliphatic heterocycles. The summed E-state index contributed by atoms with van der Waals surface area (Å²) in [6, 6.07) is 13.6. The molecule has 0 atom stereocenters. The SMILES string of the molecule is CCCOc1ccc(N2C(=O)NC(=O)/C(=C\c3cc(Br)c(OCC(=O)Nc4ccccc4Cl)c(OC)c3)C2=O)cc1OCC. The van der Waals surface area contributed by atoms with Crippen molar-refractivity contribution in [3.63, 3.8) is 0 Å².